The predicted octanol–water partition coefficient (Wildman–Crippen LogP) is 0.798. The number of anilines is 2. The Kier molecular flexibility index (Phi) is 5.46. The van der Waals surface area contributed by atoms with E-state index < -0.39 is 9.84 Å². The summed E-state index contributed by atoms with van der Waals surface area (Å²) < 4.78 is 30.0. The summed E-state index contributed by atoms with van der Waals surface area (Å²) in [6.07, 6.45) is 3.27. The van der Waals surface area contributed by atoms with Gasteiger partial charge >= 0.3 is 0 Å². The second kappa shape index (κ2) is 8.26. The molecule has 2 N–H and O–H groups in total. The first kappa shape index (κ1) is 20.5. The summed E-state index contributed by atoms with van der Waals surface area (Å²) in [4.78, 5) is 23.3. The smallest absolute Gasteiger partial charge is 0.219 e. The summed E-state index contributed by atoms with van der Waals surface area (Å²) in [6, 6.07) is 2.08. The highest BCUT2D eigenvalue weighted by Crippen LogP contribution is 2.35. The van der Waals surface area contributed by atoms with Crippen LogP contribution in [0.3, 0.4) is 0 Å². The van der Waals surface area contributed by atoms with E-state index in [4.69, 9.17) is 20.4 Å². The Morgan fingerprint density at radius 2 is 1.77 bits per heavy atom. The summed E-state index contributed by atoms with van der Waals surface area (Å²) in [5, 5.41) is 0. The van der Waals surface area contributed by atoms with Gasteiger partial charge < -0.3 is 15.4 Å². The van der Waals surface area contributed by atoms with Crippen molar-refractivity contribution in [3.05, 3.63) is 23.3 Å². The van der Waals surface area contributed by atoms with E-state index in [2.05, 4.69) is 25.8 Å². The molecule has 0 bridgehead atoms. The molecule has 0 radical (unpaired) electrons. The Hall–Kier alpha value is -2.41. The minimum absolute atomic E-state index is 0.208. The zero-order valence-corrected chi connectivity index (χ0v) is 18.5. The molecule has 5 heterocycles. The quantitative estimate of drug-likeness (QED) is 0.596. The van der Waals surface area contributed by atoms with Gasteiger partial charge in [0, 0.05) is 50.0 Å². The van der Waals surface area contributed by atoms with Crippen LogP contribution < -0.4 is 10.6 Å². The maximum absolute atomic E-state index is 11.7. The van der Waals surface area contributed by atoms with E-state index >= 15 is 0 Å². The summed E-state index contributed by atoms with van der Waals surface area (Å²) in [5.74, 6) is 2.09. The number of aromatic nitrogens is 4. The molecule has 12 heteroatoms. The molecule has 0 aliphatic carbocycles. The number of nitrogens with zero attached hydrogens (tertiary/aromatic N) is 6. The van der Waals surface area contributed by atoms with Gasteiger partial charge in [0.2, 0.25) is 5.95 Å². The predicted molar refractivity (Wildman–Crippen MR) is 120 cm³/mol. The first-order valence-corrected chi connectivity index (χ1v) is 12.7. The topological polar surface area (TPSA) is 127 Å². The zero-order chi connectivity index (χ0) is 21.4. The molecule has 0 unspecified atom stereocenters. The number of rotatable bonds is 4. The lowest BCUT2D eigenvalue weighted by Crippen LogP contribution is -2.39. The van der Waals surface area contributed by atoms with E-state index in [0.717, 1.165) is 34.0 Å². The Morgan fingerprint density at radius 3 is 2.48 bits per heavy atom. The summed E-state index contributed by atoms with van der Waals surface area (Å²) >= 11 is 1.67. The molecule has 2 aliphatic heterocycles. The molecule has 10 nitrogen and oxygen atoms in total. The van der Waals surface area contributed by atoms with Crippen molar-refractivity contribution in [3.63, 3.8) is 0 Å². The van der Waals surface area contributed by atoms with Crippen molar-refractivity contribution in [3.8, 4) is 11.4 Å². The molecule has 0 amide bonds. The normalized spacial score (nSPS) is 19.7. The monoisotopic (exact) mass is 461 g/mol. The minimum atomic E-state index is -2.89. The lowest BCUT2D eigenvalue weighted by molar-refractivity contribution is 0.122. The highest BCUT2D eigenvalue weighted by atomic mass is 32.2. The van der Waals surface area contributed by atoms with Crippen molar-refractivity contribution in [2.24, 2.45) is 0 Å². The van der Waals surface area contributed by atoms with Crippen molar-refractivity contribution in [2.45, 2.75) is 6.54 Å². The molecule has 3 aromatic heterocycles. The number of thiophene rings is 1. The molecule has 0 atom stereocenters. The third-order valence-corrected chi connectivity index (χ3v) is 8.18. The van der Waals surface area contributed by atoms with Crippen molar-refractivity contribution in [1.82, 2.24) is 24.8 Å². The van der Waals surface area contributed by atoms with Gasteiger partial charge in [0.25, 0.3) is 0 Å². The van der Waals surface area contributed by atoms with Gasteiger partial charge in [-0.2, -0.15) is 0 Å². The van der Waals surface area contributed by atoms with Crippen LogP contribution in [-0.4, -0.2) is 84.2 Å². The van der Waals surface area contributed by atoms with E-state index in [1.807, 2.05) is 0 Å². The van der Waals surface area contributed by atoms with Crippen LogP contribution in [0.25, 0.3) is 21.6 Å². The molecule has 3 aromatic rings. The van der Waals surface area contributed by atoms with E-state index in [1.54, 1.807) is 23.7 Å². The van der Waals surface area contributed by atoms with Gasteiger partial charge in [-0.05, 0) is 6.07 Å². The Morgan fingerprint density at radius 1 is 1.06 bits per heavy atom. The summed E-state index contributed by atoms with van der Waals surface area (Å²) in [5.41, 5.74) is 7.20. The summed E-state index contributed by atoms with van der Waals surface area (Å²) in [6.45, 7) is 4.68. The third kappa shape index (κ3) is 4.47. The van der Waals surface area contributed by atoms with Gasteiger partial charge in [0.1, 0.15) is 0 Å². The molecule has 5 rings (SSSR count). The minimum Gasteiger partial charge on any atom is -0.378 e. The highest BCUT2D eigenvalue weighted by Gasteiger charge is 2.24. The van der Waals surface area contributed by atoms with Gasteiger partial charge in [-0.15, -0.1) is 11.3 Å². The number of ether oxygens (including phenoxy) is 1. The van der Waals surface area contributed by atoms with Crippen molar-refractivity contribution in [2.75, 3.05) is 61.5 Å². The first-order chi connectivity index (χ1) is 15.0. The largest absolute Gasteiger partial charge is 0.378 e. The van der Waals surface area contributed by atoms with Gasteiger partial charge in [0.05, 0.1) is 40.5 Å². The summed E-state index contributed by atoms with van der Waals surface area (Å²) in [7, 11) is -2.89. The maximum atomic E-state index is 11.7. The number of hydrogen-bond acceptors (Lipinski definition) is 11. The molecule has 164 valence electrons. The van der Waals surface area contributed by atoms with Crippen LogP contribution in [0, 0.1) is 0 Å². The Balaban J connectivity index is 1.51. The van der Waals surface area contributed by atoms with Gasteiger partial charge in [-0.3, -0.25) is 4.90 Å². The molecular formula is C19H23N7O3S2. The van der Waals surface area contributed by atoms with Crippen molar-refractivity contribution < 1.29 is 13.2 Å². The highest BCUT2D eigenvalue weighted by molar-refractivity contribution is 7.91. The number of fused-ring (bicyclic) bond motifs is 1. The number of morpholine rings is 1. The van der Waals surface area contributed by atoms with E-state index in [0.29, 0.717) is 44.2 Å². The molecule has 2 saturated heterocycles. The molecule has 31 heavy (non-hydrogen) atoms. The molecule has 0 saturated carbocycles. The van der Waals surface area contributed by atoms with Crippen LogP contribution in [0.2, 0.25) is 0 Å². The Bertz CT molecular complexity index is 1180. The van der Waals surface area contributed by atoms with Gasteiger partial charge in [-0.1, -0.05) is 0 Å². The van der Waals surface area contributed by atoms with E-state index in [-0.39, 0.29) is 17.5 Å². The molecular weight excluding hydrogens is 438 g/mol. The fraction of sp³-hybridized carbons (Fsp3) is 0.474. The van der Waals surface area contributed by atoms with Crippen molar-refractivity contribution >= 4 is 43.2 Å². The number of nitrogens with two attached hydrogens (primary N) is 1. The lowest BCUT2D eigenvalue weighted by Gasteiger charge is -2.28. The van der Waals surface area contributed by atoms with Crippen LogP contribution in [-0.2, 0) is 21.1 Å². The van der Waals surface area contributed by atoms with Crippen LogP contribution in [0.1, 0.15) is 4.88 Å². The van der Waals surface area contributed by atoms with Gasteiger partial charge in [-0.25, -0.2) is 28.4 Å². The molecule has 2 aliphatic rings. The second-order valence-corrected chi connectivity index (χ2v) is 11.1. The van der Waals surface area contributed by atoms with E-state index in [1.165, 1.54) is 0 Å². The van der Waals surface area contributed by atoms with E-state index in [9.17, 15) is 8.42 Å². The maximum Gasteiger partial charge on any atom is 0.219 e. The molecule has 0 aromatic carbocycles. The molecule has 0 spiro atoms. The fourth-order valence-electron chi connectivity index (χ4n) is 3.74. The van der Waals surface area contributed by atoms with Crippen LogP contribution in [0.4, 0.5) is 11.8 Å². The lowest BCUT2D eigenvalue weighted by atomic mass is 10.3. The average molecular weight is 462 g/mol. The molecule has 2 fully saturated rings. The standard InChI is InChI=1S/C19H23N7O3S2/c20-19-21-10-13(11-22-19)17-23-15-9-14(12-25-3-7-31(27,28)8-4-25)30-16(15)18(24-17)26-1-5-29-6-2-26/h9-11H,1-8,12H2,(H2,20,21,22). The Labute approximate surface area is 184 Å². The number of nitrogen functional groups attached to an aromatic ring is 1. The van der Waals surface area contributed by atoms with Crippen molar-refractivity contribution in [1.29, 1.82) is 0 Å². The van der Waals surface area contributed by atoms with Crippen LogP contribution >= 0.6 is 11.3 Å². The fourth-order valence-corrected chi connectivity index (χ4v) is 6.17. The average Bonchev–Trinajstić information content (AvgIpc) is 3.18. The number of hydrogen-bond donors (Lipinski definition) is 1. The van der Waals surface area contributed by atoms with Gasteiger partial charge in [0.15, 0.2) is 21.5 Å². The third-order valence-electron chi connectivity index (χ3n) is 5.46. The SMILES string of the molecule is Nc1ncc(-c2nc(N3CCOCC3)c3sc(CN4CCS(=O)(=O)CC4)cc3n2)cn1. The zero-order valence-electron chi connectivity index (χ0n) is 16.9. The number of sulfone groups is 1. The first-order valence-electron chi connectivity index (χ1n) is 10.1. The van der Waals surface area contributed by atoms with Crippen LogP contribution in [0.15, 0.2) is 18.5 Å². The van der Waals surface area contributed by atoms with Crippen LogP contribution in [0.5, 0.6) is 0 Å². The second-order valence-electron chi connectivity index (χ2n) is 7.66.